The zero-order valence-corrected chi connectivity index (χ0v) is 8.49. The van der Waals surface area contributed by atoms with Crippen molar-refractivity contribution in [3.8, 4) is 0 Å². The van der Waals surface area contributed by atoms with Gasteiger partial charge in [0.25, 0.3) is 0 Å². The monoisotopic (exact) mass is 152 g/mol. The molecule has 0 aromatic rings. The van der Waals surface area contributed by atoms with Crippen molar-refractivity contribution in [3.05, 3.63) is 11.1 Å². The first-order valence-corrected chi connectivity index (χ1v) is 4.61. The Kier molecular flexibility index (Phi) is 2.13. The van der Waals surface area contributed by atoms with Crippen molar-refractivity contribution in [2.75, 3.05) is 0 Å². The molecule has 1 rings (SSSR count). The molecule has 0 fully saturated rings. The molecular formula is C11H20. The molecule has 64 valence electrons. The third-order valence-corrected chi connectivity index (χ3v) is 3.64. The quantitative estimate of drug-likeness (QED) is 0.463. The Bertz CT molecular complexity index is 184. The number of allylic oxidation sites excluding steroid dienone is 2. The Hall–Kier alpha value is -0.260. The van der Waals surface area contributed by atoms with Crippen molar-refractivity contribution in [2.45, 2.75) is 47.5 Å². The summed E-state index contributed by atoms with van der Waals surface area (Å²) in [4.78, 5) is 0. The molecule has 0 amide bonds. The van der Waals surface area contributed by atoms with Gasteiger partial charge in [0.1, 0.15) is 0 Å². The minimum Gasteiger partial charge on any atom is -0.0741 e. The van der Waals surface area contributed by atoms with Gasteiger partial charge in [-0.1, -0.05) is 31.9 Å². The minimum atomic E-state index is 0.531. The first-order valence-electron chi connectivity index (χ1n) is 4.61. The van der Waals surface area contributed by atoms with Gasteiger partial charge in [0.05, 0.1) is 0 Å². The molecule has 11 heavy (non-hydrogen) atoms. The van der Waals surface area contributed by atoms with E-state index in [-0.39, 0.29) is 0 Å². The minimum absolute atomic E-state index is 0.531. The molecule has 0 N–H and O–H groups in total. The van der Waals surface area contributed by atoms with Gasteiger partial charge in [0, 0.05) is 0 Å². The van der Waals surface area contributed by atoms with Gasteiger partial charge in [-0.15, -0.1) is 0 Å². The second kappa shape index (κ2) is 2.66. The van der Waals surface area contributed by atoms with E-state index in [0.717, 1.165) is 5.92 Å². The lowest BCUT2D eigenvalue weighted by atomic mass is 9.68. The summed E-state index contributed by atoms with van der Waals surface area (Å²) in [5.41, 5.74) is 3.78. The SMILES string of the molecule is CC1=C(C)C(C)C(C)(C)CC1. The summed E-state index contributed by atoms with van der Waals surface area (Å²) in [6, 6.07) is 0. The van der Waals surface area contributed by atoms with Gasteiger partial charge in [-0.3, -0.25) is 0 Å². The van der Waals surface area contributed by atoms with E-state index in [4.69, 9.17) is 0 Å². The molecule has 0 aromatic carbocycles. The second-order valence-electron chi connectivity index (χ2n) is 4.67. The molecule has 0 bridgehead atoms. The lowest BCUT2D eigenvalue weighted by Crippen LogP contribution is -2.26. The summed E-state index contributed by atoms with van der Waals surface area (Å²) in [5.74, 6) is 0.774. The molecule has 1 unspecified atom stereocenters. The molecule has 0 spiro atoms. The van der Waals surface area contributed by atoms with E-state index in [1.165, 1.54) is 12.8 Å². The first kappa shape index (κ1) is 8.83. The Morgan fingerprint density at radius 1 is 1.27 bits per heavy atom. The Labute approximate surface area is 70.7 Å². The molecule has 0 aliphatic heterocycles. The molecular weight excluding hydrogens is 132 g/mol. The van der Waals surface area contributed by atoms with E-state index in [1.54, 1.807) is 11.1 Å². The van der Waals surface area contributed by atoms with Crippen LogP contribution >= 0.6 is 0 Å². The van der Waals surface area contributed by atoms with Crippen LogP contribution in [0.1, 0.15) is 47.5 Å². The van der Waals surface area contributed by atoms with Gasteiger partial charge in [-0.25, -0.2) is 0 Å². The van der Waals surface area contributed by atoms with Gasteiger partial charge in [0.2, 0.25) is 0 Å². The molecule has 0 heterocycles. The van der Waals surface area contributed by atoms with Crippen LogP contribution in [0, 0.1) is 11.3 Å². The van der Waals surface area contributed by atoms with E-state index in [2.05, 4.69) is 34.6 Å². The fourth-order valence-electron chi connectivity index (χ4n) is 1.88. The standard InChI is InChI=1S/C11H20/c1-8-6-7-11(4,5)10(3)9(8)2/h10H,6-7H2,1-5H3. The maximum Gasteiger partial charge on any atom is -0.0180 e. The van der Waals surface area contributed by atoms with Gasteiger partial charge in [-0.2, -0.15) is 0 Å². The molecule has 1 aliphatic rings. The summed E-state index contributed by atoms with van der Waals surface area (Å²) in [6.07, 6.45) is 2.67. The van der Waals surface area contributed by atoms with Crippen molar-refractivity contribution >= 4 is 0 Å². The molecule has 0 aromatic heterocycles. The average molecular weight is 152 g/mol. The number of rotatable bonds is 0. The van der Waals surface area contributed by atoms with Crippen LogP contribution in [0.3, 0.4) is 0 Å². The highest BCUT2D eigenvalue weighted by Gasteiger charge is 2.30. The van der Waals surface area contributed by atoms with Crippen LogP contribution in [0.2, 0.25) is 0 Å². The second-order valence-corrected chi connectivity index (χ2v) is 4.67. The Morgan fingerprint density at radius 3 is 2.27 bits per heavy atom. The molecule has 0 heteroatoms. The number of hydrogen-bond acceptors (Lipinski definition) is 0. The van der Waals surface area contributed by atoms with E-state index in [9.17, 15) is 0 Å². The summed E-state index contributed by atoms with van der Waals surface area (Å²) < 4.78 is 0. The zero-order valence-electron chi connectivity index (χ0n) is 8.49. The van der Waals surface area contributed by atoms with Gasteiger partial charge >= 0.3 is 0 Å². The average Bonchev–Trinajstić information content (AvgIpc) is 1.95. The van der Waals surface area contributed by atoms with Crippen LogP contribution in [0.25, 0.3) is 0 Å². The van der Waals surface area contributed by atoms with Gasteiger partial charge in [-0.05, 0) is 38.0 Å². The Morgan fingerprint density at radius 2 is 1.82 bits per heavy atom. The van der Waals surface area contributed by atoms with Gasteiger partial charge in [0.15, 0.2) is 0 Å². The highest BCUT2D eigenvalue weighted by molar-refractivity contribution is 5.18. The van der Waals surface area contributed by atoms with Crippen molar-refractivity contribution in [1.29, 1.82) is 0 Å². The predicted molar refractivity (Wildman–Crippen MR) is 50.6 cm³/mol. The largest absolute Gasteiger partial charge is 0.0741 e. The Balaban J connectivity index is 2.90. The van der Waals surface area contributed by atoms with Crippen molar-refractivity contribution in [2.24, 2.45) is 11.3 Å². The van der Waals surface area contributed by atoms with E-state index in [1.807, 2.05) is 0 Å². The van der Waals surface area contributed by atoms with Crippen LogP contribution in [-0.2, 0) is 0 Å². The normalized spacial score (nSPS) is 30.8. The molecule has 1 atom stereocenters. The predicted octanol–water partition coefficient (Wildman–Crippen LogP) is 3.78. The maximum absolute atomic E-state index is 2.38. The fourth-order valence-corrected chi connectivity index (χ4v) is 1.88. The van der Waals surface area contributed by atoms with Crippen LogP contribution in [0.15, 0.2) is 11.1 Å². The number of hydrogen-bond donors (Lipinski definition) is 0. The van der Waals surface area contributed by atoms with Crippen LogP contribution < -0.4 is 0 Å². The van der Waals surface area contributed by atoms with Crippen LogP contribution in [0.4, 0.5) is 0 Å². The fraction of sp³-hybridized carbons (Fsp3) is 0.818. The maximum atomic E-state index is 2.38. The smallest absolute Gasteiger partial charge is 0.0180 e. The van der Waals surface area contributed by atoms with Crippen LogP contribution in [-0.4, -0.2) is 0 Å². The van der Waals surface area contributed by atoms with Crippen LogP contribution in [0.5, 0.6) is 0 Å². The highest BCUT2D eigenvalue weighted by atomic mass is 14.4. The summed E-state index contributed by atoms with van der Waals surface area (Å²) >= 11 is 0. The summed E-state index contributed by atoms with van der Waals surface area (Å²) in [6.45, 7) is 11.7. The van der Waals surface area contributed by atoms with E-state index in [0.29, 0.717) is 5.41 Å². The lowest BCUT2D eigenvalue weighted by Gasteiger charge is -2.38. The molecule has 1 aliphatic carbocycles. The van der Waals surface area contributed by atoms with Crippen molar-refractivity contribution < 1.29 is 0 Å². The highest BCUT2D eigenvalue weighted by Crippen LogP contribution is 2.42. The molecule has 0 radical (unpaired) electrons. The topological polar surface area (TPSA) is 0 Å². The lowest BCUT2D eigenvalue weighted by molar-refractivity contribution is 0.226. The van der Waals surface area contributed by atoms with E-state index >= 15 is 0 Å². The van der Waals surface area contributed by atoms with Crippen molar-refractivity contribution in [3.63, 3.8) is 0 Å². The molecule has 0 nitrogen and oxygen atoms in total. The molecule has 0 saturated heterocycles. The first-order chi connectivity index (χ1) is 4.95. The van der Waals surface area contributed by atoms with Gasteiger partial charge < -0.3 is 0 Å². The van der Waals surface area contributed by atoms with Crippen molar-refractivity contribution in [1.82, 2.24) is 0 Å². The molecule has 0 saturated carbocycles. The third kappa shape index (κ3) is 1.50. The van der Waals surface area contributed by atoms with E-state index < -0.39 is 0 Å². The summed E-state index contributed by atoms with van der Waals surface area (Å²) in [7, 11) is 0. The zero-order chi connectivity index (χ0) is 8.65. The third-order valence-electron chi connectivity index (χ3n) is 3.64. The summed E-state index contributed by atoms with van der Waals surface area (Å²) in [5, 5.41) is 0.